The van der Waals surface area contributed by atoms with Crippen molar-refractivity contribution in [2.45, 2.75) is 12.3 Å². The van der Waals surface area contributed by atoms with Gasteiger partial charge >= 0.3 is 0 Å². The molecular formula is C13H11NO2. The first kappa shape index (κ1) is 10.4. The molecule has 0 amide bonds. The molecule has 1 aromatic rings. The second-order valence-corrected chi connectivity index (χ2v) is 3.86. The summed E-state index contributed by atoms with van der Waals surface area (Å²) in [6.45, 7) is 0. The summed E-state index contributed by atoms with van der Waals surface area (Å²) in [5.74, 6) is -1.09. The SMILES string of the molecule is N#CC1C(O)=CC(=O)CC1c1ccccc1. The van der Waals surface area contributed by atoms with Crippen LogP contribution in [0.1, 0.15) is 17.9 Å². The Hall–Kier alpha value is -2.08. The van der Waals surface area contributed by atoms with Gasteiger partial charge in [0.05, 0.1) is 6.07 Å². The van der Waals surface area contributed by atoms with E-state index in [9.17, 15) is 9.90 Å². The molecule has 0 bridgehead atoms. The molecule has 2 atom stereocenters. The van der Waals surface area contributed by atoms with Gasteiger partial charge in [-0.1, -0.05) is 30.3 Å². The monoisotopic (exact) mass is 213 g/mol. The maximum atomic E-state index is 11.4. The zero-order chi connectivity index (χ0) is 11.5. The van der Waals surface area contributed by atoms with E-state index >= 15 is 0 Å². The second-order valence-electron chi connectivity index (χ2n) is 3.86. The highest BCUT2D eigenvalue weighted by Crippen LogP contribution is 2.35. The molecule has 3 nitrogen and oxygen atoms in total. The Kier molecular flexibility index (Phi) is 2.74. The Bertz CT molecular complexity index is 470. The van der Waals surface area contributed by atoms with Gasteiger partial charge in [0.25, 0.3) is 0 Å². The first-order valence-electron chi connectivity index (χ1n) is 5.10. The summed E-state index contributed by atoms with van der Waals surface area (Å²) in [5.41, 5.74) is 0.919. The summed E-state index contributed by atoms with van der Waals surface area (Å²) >= 11 is 0. The summed E-state index contributed by atoms with van der Waals surface area (Å²) in [6, 6.07) is 11.4. The lowest BCUT2D eigenvalue weighted by atomic mass is 9.78. The van der Waals surface area contributed by atoms with E-state index in [-0.39, 0.29) is 23.9 Å². The minimum Gasteiger partial charge on any atom is -0.511 e. The third-order valence-electron chi connectivity index (χ3n) is 2.82. The molecule has 0 spiro atoms. The first-order valence-corrected chi connectivity index (χ1v) is 5.10. The van der Waals surface area contributed by atoms with Crippen LogP contribution >= 0.6 is 0 Å². The molecule has 0 heterocycles. The van der Waals surface area contributed by atoms with Gasteiger partial charge in [0.1, 0.15) is 11.7 Å². The summed E-state index contributed by atoms with van der Waals surface area (Å²) in [5, 5.41) is 18.6. The fourth-order valence-electron chi connectivity index (χ4n) is 2.02. The van der Waals surface area contributed by atoms with E-state index in [1.807, 2.05) is 30.3 Å². The number of aliphatic hydroxyl groups excluding tert-OH is 1. The number of allylic oxidation sites excluding steroid dienone is 2. The molecule has 0 fully saturated rings. The summed E-state index contributed by atoms with van der Waals surface area (Å²) in [7, 11) is 0. The molecule has 1 N–H and O–H groups in total. The van der Waals surface area contributed by atoms with Gasteiger partial charge < -0.3 is 5.11 Å². The van der Waals surface area contributed by atoms with E-state index in [4.69, 9.17) is 5.26 Å². The van der Waals surface area contributed by atoms with E-state index in [0.29, 0.717) is 0 Å². The van der Waals surface area contributed by atoms with E-state index in [1.54, 1.807) is 0 Å². The Morgan fingerprint density at radius 1 is 1.31 bits per heavy atom. The van der Waals surface area contributed by atoms with Crippen molar-refractivity contribution in [3.8, 4) is 6.07 Å². The fraction of sp³-hybridized carbons (Fsp3) is 0.231. The first-order chi connectivity index (χ1) is 7.72. The van der Waals surface area contributed by atoms with Crippen LogP contribution in [-0.4, -0.2) is 10.9 Å². The maximum Gasteiger partial charge on any atom is 0.159 e. The molecule has 1 aliphatic rings. The highest BCUT2D eigenvalue weighted by atomic mass is 16.3. The highest BCUT2D eigenvalue weighted by molar-refractivity contribution is 5.92. The molecule has 2 rings (SSSR count). The quantitative estimate of drug-likeness (QED) is 0.778. The van der Waals surface area contributed by atoms with Crippen LogP contribution in [0.3, 0.4) is 0 Å². The van der Waals surface area contributed by atoms with E-state index in [0.717, 1.165) is 11.6 Å². The van der Waals surface area contributed by atoms with Crippen LogP contribution in [0.5, 0.6) is 0 Å². The Balaban J connectivity index is 2.39. The largest absolute Gasteiger partial charge is 0.511 e. The number of aliphatic hydroxyl groups is 1. The lowest BCUT2D eigenvalue weighted by Gasteiger charge is -2.24. The molecule has 0 aliphatic heterocycles. The van der Waals surface area contributed by atoms with Crippen LogP contribution in [0.2, 0.25) is 0 Å². The molecule has 0 aromatic heterocycles. The molecule has 0 saturated heterocycles. The van der Waals surface area contributed by atoms with Crippen molar-refractivity contribution in [1.29, 1.82) is 5.26 Å². The minimum atomic E-state index is -0.611. The van der Waals surface area contributed by atoms with Crippen molar-refractivity contribution >= 4 is 5.78 Å². The zero-order valence-electron chi connectivity index (χ0n) is 8.63. The number of nitriles is 1. The molecule has 0 saturated carbocycles. The average Bonchev–Trinajstić information content (AvgIpc) is 2.29. The molecule has 0 radical (unpaired) electrons. The number of hydrogen-bond acceptors (Lipinski definition) is 3. The van der Waals surface area contributed by atoms with Gasteiger partial charge in [-0.05, 0) is 5.56 Å². The van der Waals surface area contributed by atoms with Crippen molar-refractivity contribution in [3.05, 3.63) is 47.7 Å². The second kappa shape index (κ2) is 4.19. The number of ketones is 1. The van der Waals surface area contributed by atoms with Crippen LogP contribution in [0.4, 0.5) is 0 Å². The van der Waals surface area contributed by atoms with Crippen LogP contribution in [0, 0.1) is 17.2 Å². The molecule has 1 aromatic carbocycles. The number of nitrogens with zero attached hydrogens (tertiary/aromatic N) is 1. The number of benzene rings is 1. The molecule has 2 unspecified atom stereocenters. The normalized spacial score (nSPS) is 24.7. The highest BCUT2D eigenvalue weighted by Gasteiger charge is 2.32. The fourth-order valence-corrected chi connectivity index (χ4v) is 2.02. The van der Waals surface area contributed by atoms with Gasteiger partial charge in [-0.15, -0.1) is 0 Å². The summed E-state index contributed by atoms with van der Waals surface area (Å²) < 4.78 is 0. The van der Waals surface area contributed by atoms with Crippen LogP contribution in [0.15, 0.2) is 42.2 Å². The third-order valence-corrected chi connectivity index (χ3v) is 2.82. The van der Waals surface area contributed by atoms with Gasteiger partial charge in [-0.25, -0.2) is 0 Å². The maximum absolute atomic E-state index is 11.4. The van der Waals surface area contributed by atoms with Gasteiger partial charge in [-0.2, -0.15) is 5.26 Å². The molecule has 80 valence electrons. The summed E-state index contributed by atoms with van der Waals surface area (Å²) in [4.78, 5) is 11.4. The van der Waals surface area contributed by atoms with E-state index in [1.165, 1.54) is 0 Å². The third kappa shape index (κ3) is 1.82. The zero-order valence-corrected chi connectivity index (χ0v) is 8.63. The van der Waals surface area contributed by atoms with Gasteiger partial charge in [0, 0.05) is 18.4 Å². The molecule has 1 aliphatic carbocycles. The van der Waals surface area contributed by atoms with Gasteiger partial charge in [-0.3, -0.25) is 4.79 Å². The smallest absolute Gasteiger partial charge is 0.159 e. The van der Waals surface area contributed by atoms with Gasteiger partial charge in [0.2, 0.25) is 0 Å². The standard InChI is InChI=1S/C13H11NO2/c14-8-12-11(6-10(15)7-13(12)16)9-4-2-1-3-5-9/h1-5,7,11-12,16H,6H2. The van der Waals surface area contributed by atoms with Crippen LogP contribution in [-0.2, 0) is 4.79 Å². The van der Waals surface area contributed by atoms with E-state index < -0.39 is 5.92 Å². The predicted octanol–water partition coefficient (Wildman–Crippen LogP) is 2.32. The van der Waals surface area contributed by atoms with Gasteiger partial charge in [0.15, 0.2) is 5.78 Å². The minimum absolute atomic E-state index is 0.118. The number of carbonyl (C=O) groups excluding carboxylic acids is 1. The number of rotatable bonds is 1. The predicted molar refractivity (Wildman–Crippen MR) is 58.6 cm³/mol. The number of hydrogen-bond donors (Lipinski definition) is 1. The van der Waals surface area contributed by atoms with Crippen molar-refractivity contribution in [2.75, 3.05) is 0 Å². The Labute approximate surface area is 93.6 Å². The van der Waals surface area contributed by atoms with Crippen molar-refractivity contribution in [3.63, 3.8) is 0 Å². The lowest BCUT2D eigenvalue weighted by molar-refractivity contribution is -0.115. The Morgan fingerprint density at radius 3 is 2.62 bits per heavy atom. The van der Waals surface area contributed by atoms with Crippen molar-refractivity contribution < 1.29 is 9.90 Å². The topological polar surface area (TPSA) is 61.1 Å². The van der Waals surface area contributed by atoms with Crippen LogP contribution in [0.25, 0.3) is 0 Å². The average molecular weight is 213 g/mol. The van der Waals surface area contributed by atoms with E-state index in [2.05, 4.69) is 6.07 Å². The molecule has 16 heavy (non-hydrogen) atoms. The number of carbonyl (C=O) groups is 1. The summed E-state index contributed by atoms with van der Waals surface area (Å²) in [6.07, 6.45) is 1.44. The molecule has 3 heteroatoms. The van der Waals surface area contributed by atoms with Crippen molar-refractivity contribution in [2.24, 2.45) is 5.92 Å². The lowest BCUT2D eigenvalue weighted by Crippen LogP contribution is -2.22. The molecular weight excluding hydrogens is 202 g/mol. The van der Waals surface area contributed by atoms with Crippen LogP contribution < -0.4 is 0 Å². The Morgan fingerprint density at radius 2 is 2.00 bits per heavy atom. The van der Waals surface area contributed by atoms with Crippen molar-refractivity contribution in [1.82, 2.24) is 0 Å².